The number of hydrogen-bond acceptors (Lipinski definition) is 5. The second-order valence-corrected chi connectivity index (χ2v) is 13.2. The van der Waals surface area contributed by atoms with Gasteiger partial charge in [-0.15, -0.1) is 0 Å². The Morgan fingerprint density at radius 2 is 1.58 bits per heavy atom. The molecule has 1 atom stereocenters. The Labute approximate surface area is 260 Å². The zero-order chi connectivity index (χ0) is 31.0. The number of carbonyl (C=O) groups is 2. The number of amides is 2. The number of hydrogen-bond donors (Lipinski definition) is 1. The van der Waals surface area contributed by atoms with Gasteiger partial charge in [-0.3, -0.25) is 13.9 Å². The minimum Gasteiger partial charge on any atom is -0.494 e. The van der Waals surface area contributed by atoms with E-state index in [-0.39, 0.29) is 23.4 Å². The summed E-state index contributed by atoms with van der Waals surface area (Å²) in [4.78, 5) is 29.0. The van der Waals surface area contributed by atoms with Gasteiger partial charge in [-0.1, -0.05) is 60.7 Å². The van der Waals surface area contributed by atoms with E-state index in [0.717, 1.165) is 47.5 Å². The van der Waals surface area contributed by atoms with Crippen LogP contribution in [0.4, 0.5) is 5.69 Å². The number of benzene rings is 3. The molecule has 1 N–H and O–H groups in total. The van der Waals surface area contributed by atoms with Crippen molar-refractivity contribution in [3.8, 4) is 5.75 Å². The van der Waals surface area contributed by atoms with Crippen LogP contribution in [0.15, 0.2) is 77.7 Å². The maximum Gasteiger partial charge on any atom is 0.264 e. The first kappa shape index (κ1) is 32.4. The number of nitrogens with zero attached hydrogens (tertiary/aromatic N) is 2. The standard InChI is InChI=1S/C33H40ClN3O5S/c1-4-42-30-18-16-29(17-19-30)37(43(40,41)31-20-14-27(34)15-21-31)23-32(38)36(22-26-12-10-24(2)11-13-26)25(3)33(39)35-28-8-6-5-7-9-28/h10-21,25,28H,4-9,22-23H2,1-3H3,(H,35,39)/t25-/m0/s1. The van der Waals surface area contributed by atoms with Crippen LogP contribution in [0.2, 0.25) is 5.02 Å². The molecule has 4 rings (SSSR count). The minimum absolute atomic E-state index is 0.00763. The quantitative estimate of drug-likeness (QED) is 0.262. The Bertz CT molecular complexity index is 1470. The van der Waals surface area contributed by atoms with Gasteiger partial charge in [-0.2, -0.15) is 0 Å². The van der Waals surface area contributed by atoms with E-state index in [9.17, 15) is 18.0 Å². The fraction of sp³-hybridized carbons (Fsp3) is 0.394. The van der Waals surface area contributed by atoms with E-state index in [2.05, 4.69) is 5.32 Å². The lowest BCUT2D eigenvalue weighted by molar-refractivity contribution is -0.139. The van der Waals surface area contributed by atoms with E-state index in [1.54, 1.807) is 31.2 Å². The van der Waals surface area contributed by atoms with Crippen molar-refractivity contribution in [2.24, 2.45) is 0 Å². The predicted molar refractivity (Wildman–Crippen MR) is 170 cm³/mol. The van der Waals surface area contributed by atoms with Crippen molar-refractivity contribution in [1.82, 2.24) is 10.2 Å². The maximum absolute atomic E-state index is 14.1. The zero-order valence-electron chi connectivity index (χ0n) is 25.0. The minimum atomic E-state index is -4.19. The lowest BCUT2D eigenvalue weighted by atomic mass is 9.95. The molecule has 2 amide bonds. The van der Waals surface area contributed by atoms with Gasteiger partial charge in [0.25, 0.3) is 10.0 Å². The molecule has 0 aliphatic heterocycles. The second kappa shape index (κ2) is 14.8. The zero-order valence-corrected chi connectivity index (χ0v) is 26.5. The van der Waals surface area contributed by atoms with E-state index < -0.39 is 28.5 Å². The molecule has 1 fully saturated rings. The van der Waals surface area contributed by atoms with Gasteiger partial charge < -0.3 is 15.0 Å². The molecule has 43 heavy (non-hydrogen) atoms. The summed E-state index contributed by atoms with van der Waals surface area (Å²) >= 11 is 6.03. The predicted octanol–water partition coefficient (Wildman–Crippen LogP) is 6.11. The first-order valence-electron chi connectivity index (χ1n) is 14.7. The van der Waals surface area contributed by atoms with Crippen molar-refractivity contribution in [1.29, 1.82) is 0 Å². The van der Waals surface area contributed by atoms with Crippen LogP contribution in [-0.2, 0) is 26.2 Å². The van der Waals surface area contributed by atoms with E-state index in [4.69, 9.17) is 16.3 Å². The Hall–Kier alpha value is -3.56. The Morgan fingerprint density at radius 1 is 0.953 bits per heavy atom. The van der Waals surface area contributed by atoms with Crippen molar-refractivity contribution in [3.05, 3.63) is 88.9 Å². The third-order valence-electron chi connectivity index (χ3n) is 7.71. The van der Waals surface area contributed by atoms with Gasteiger partial charge in [-0.05, 0) is 87.7 Å². The molecule has 230 valence electrons. The van der Waals surface area contributed by atoms with Gasteiger partial charge in [0.15, 0.2) is 0 Å². The first-order valence-corrected chi connectivity index (χ1v) is 16.6. The van der Waals surface area contributed by atoms with Crippen LogP contribution >= 0.6 is 11.6 Å². The summed E-state index contributed by atoms with van der Waals surface area (Å²) in [5.41, 5.74) is 2.20. The Balaban J connectivity index is 1.67. The van der Waals surface area contributed by atoms with Crippen LogP contribution in [0.1, 0.15) is 57.1 Å². The van der Waals surface area contributed by atoms with Crippen LogP contribution < -0.4 is 14.4 Å². The molecule has 0 aromatic heterocycles. The molecular weight excluding hydrogens is 586 g/mol. The third-order valence-corrected chi connectivity index (χ3v) is 9.75. The number of aryl methyl sites for hydroxylation is 1. The number of anilines is 1. The van der Waals surface area contributed by atoms with Gasteiger partial charge in [0.1, 0.15) is 18.3 Å². The summed E-state index contributed by atoms with van der Waals surface area (Å²) in [5.74, 6) is -0.172. The lowest BCUT2D eigenvalue weighted by Crippen LogP contribution is -2.53. The summed E-state index contributed by atoms with van der Waals surface area (Å²) < 4.78 is 34.6. The van der Waals surface area contributed by atoms with E-state index in [1.807, 2.05) is 38.1 Å². The lowest BCUT2D eigenvalue weighted by Gasteiger charge is -2.33. The summed E-state index contributed by atoms with van der Waals surface area (Å²) in [6.07, 6.45) is 5.10. The normalized spacial score (nSPS) is 14.5. The number of rotatable bonds is 12. The molecule has 0 spiro atoms. The van der Waals surface area contributed by atoms with Crippen LogP contribution in [0.3, 0.4) is 0 Å². The summed E-state index contributed by atoms with van der Waals surface area (Å²) in [6.45, 7) is 5.63. The van der Waals surface area contributed by atoms with Crippen molar-refractivity contribution < 1.29 is 22.7 Å². The van der Waals surface area contributed by atoms with Gasteiger partial charge in [0.05, 0.1) is 17.2 Å². The number of nitrogens with one attached hydrogen (secondary N) is 1. The van der Waals surface area contributed by atoms with Crippen molar-refractivity contribution in [2.75, 3.05) is 17.5 Å². The first-order chi connectivity index (χ1) is 20.6. The molecule has 0 unspecified atom stereocenters. The highest BCUT2D eigenvalue weighted by atomic mass is 35.5. The molecule has 10 heteroatoms. The van der Waals surface area contributed by atoms with E-state index in [0.29, 0.717) is 23.1 Å². The molecule has 1 aliphatic carbocycles. The smallest absolute Gasteiger partial charge is 0.264 e. The molecule has 3 aromatic rings. The van der Waals surface area contributed by atoms with Gasteiger partial charge >= 0.3 is 0 Å². The molecule has 1 saturated carbocycles. The SMILES string of the molecule is CCOc1ccc(N(CC(=O)N(Cc2ccc(C)cc2)[C@@H](C)C(=O)NC2CCCCC2)S(=O)(=O)c2ccc(Cl)cc2)cc1. The molecule has 0 saturated heterocycles. The van der Waals surface area contributed by atoms with Crippen molar-refractivity contribution in [2.45, 2.75) is 76.4 Å². The maximum atomic E-state index is 14.1. The van der Waals surface area contributed by atoms with Crippen LogP contribution in [-0.4, -0.2) is 50.4 Å². The van der Waals surface area contributed by atoms with E-state index in [1.165, 1.54) is 29.2 Å². The number of ether oxygens (including phenoxy) is 1. The summed E-state index contributed by atoms with van der Waals surface area (Å²) in [6, 6.07) is 19.3. The number of sulfonamides is 1. The fourth-order valence-corrected chi connectivity index (χ4v) is 6.72. The Morgan fingerprint density at radius 3 is 2.19 bits per heavy atom. The highest BCUT2D eigenvalue weighted by molar-refractivity contribution is 7.92. The summed E-state index contributed by atoms with van der Waals surface area (Å²) in [7, 11) is -4.19. The molecule has 3 aromatic carbocycles. The highest BCUT2D eigenvalue weighted by Gasteiger charge is 2.33. The third kappa shape index (κ3) is 8.51. The fourth-order valence-electron chi connectivity index (χ4n) is 5.18. The van der Waals surface area contributed by atoms with Crippen LogP contribution in [0.5, 0.6) is 5.75 Å². The number of carbonyl (C=O) groups excluding carboxylic acids is 2. The van der Waals surface area contributed by atoms with Crippen LogP contribution in [0.25, 0.3) is 0 Å². The highest BCUT2D eigenvalue weighted by Crippen LogP contribution is 2.27. The molecule has 0 radical (unpaired) electrons. The topological polar surface area (TPSA) is 96.0 Å². The molecule has 0 heterocycles. The monoisotopic (exact) mass is 625 g/mol. The van der Waals surface area contributed by atoms with Gasteiger partial charge in [-0.25, -0.2) is 8.42 Å². The molecule has 1 aliphatic rings. The summed E-state index contributed by atoms with van der Waals surface area (Å²) in [5, 5.41) is 3.52. The Kier molecular flexibility index (Phi) is 11.1. The van der Waals surface area contributed by atoms with Crippen LogP contribution in [0, 0.1) is 6.92 Å². The van der Waals surface area contributed by atoms with E-state index >= 15 is 0 Å². The average Bonchev–Trinajstić information content (AvgIpc) is 3.00. The van der Waals surface area contributed by atoms with Crippen molar-refractivity contribution in [3.63, 3.8) is 0 Å². The van der Waals surface area contributed by atoms with Gasteiger partial charge in [0, 0.05) is 17.6 Å². The molecular formula is C33H40ClN3O5S. The largest absolute Gasteiger partial charge is 0.494 e. The molecule has 8 nitrogen and oxygen atoms in total. The molecule has 0 bridgehead atoms. The van der Waals surface area contributed by atoms with Crippen molar-refractivity contribution >= 4 is 39.1 Å². The average molecular weight is 626 g/mol. The number of halogens is 1. The van der Waals surface area contributed by atoms with Gasteiger partial charge in [0.2, 0.25) is 11.8 Å². The second-order valence-electron chi connectivity index (χ2n) is 10.9.